The number of nitrogens with zero attached hydrogens (tertiary/aromatic N) is 5. The van der Waals surface area contributed by atoms with Crippen molar-refractivity contribution in [2.45, 2.75) is 26.3 Å². The number of halogens is 2. The van der Waals surface area contributed by atoms with Crippen LogP contribution >= 0.6 is 11.6 Å². The lowest BCUT2D eigenvalue weighted by molar-refractivity contribution is -0.116. The molecule has 1 saturated heterocycles. The molecule has 1 saturated carbocycles. The molecule has 10 heteroatoms. The molecule has 1 N–H and O–H groups in total. The Morgan fingerprint density at radius 3 is 2.59 bits per heavy atom. The first-order chi connectivity index (χ1) is 19.7. The highest BCUT2D eigenvalue weighted by molar-refractivity contribution is 6.34. The normalized spacial score (nSPS) is 19.5. The van der Waals surface area contributed by atoms with Gasteiger partial charge in [-0.05, 0) is 70.5 Å². The van der Waals surface area contributed by atoms with Gasteiger partial charge in [-0.2, -0.15) is 5.10 Å². The van der Waals surface area contributed by atoms with E-state index in [1.807, 2.05) is 19.9 Å². The summed E-state index contributed by atoms with van der Waals surface area (Å²) in [7, 11) is 3.60. The summed E-state index contributed by atoms with van der Waals surface area (Å²) in [6.45, 7) is 2.66. The van der Waals surface area contributed by atoms with Crippen LogP contribution in [0.1, 0.15) is 40.8 Å². The van der Waals surface area contributed by atoms with Gasteiger partial charge in [-0.1, -0.05) is 23.7 Å². The minimum Gasteiger partial charge on any atom is -0.369 e. The lowest BCUT2D eigenvalue weighted by Crippen LogP contribution is -2.31. The molecule has 1 aromatic heterocycles. The van der Waals surface area contributed by atoms with E-state index in [0.717, 1.165) is 31.1 Å². The number of hydrogen-bond donors (Lipinski definition) is 1. The monoisotopic (exact) mass is 555 g/mol. The Labute approximate surface area is 237 Å². The lowest BCUT2D eigenvalue weighted by Gasteiger charge is -2.29. The van der Waals surface area contributed by atoms with E-state index in [0.29, 0.717) is 33.9 Å². The Balaban J connectivity index is 1.61. The second-order valence-corrected chi connectivity index (χ2v) is 11.2. The van der Waals surface area contributed by atoms with Gasteiger partial charge in [-0.25, -0.2) is 4.39 Å². The zero-order valence-corrected chi connectivity index (χ0v) is 23.2. The third kappa shape index (κ3) is 5.51. The smallest absolute Gasteiger partial charge is 0.262 e. The highest BCUT2D eigenvalue weighted by Crippen LogP contribution is 2.48. The fourth-order valence-corrected chi connectivity index (χ4v) is 5.42. The van der Waals surface area contributed by atoms with Gasteiger partial charge in [0.1, 0.15) is 5.82 Å². The van der Waals surface area contributed by atoms with Crippen LogP contribution in [-0.2, 0) is 4.79 Å². The molecule has 2 aromatic carbocycles. The van der Waals surface area contributed by atoms with Crippen LogP contribution in [-0.4, -0.2) is 67.2 Å². The number of aromatic nitrogens is 2. The van der Waals surface area contributed by atoms with Crippen LogP contribution < -0.4 is 15.1 Å². The maximum Gasteiger partial charge on any atom is 0.262 e. The molecule has 206 valence electrons. The summed E-state index contributed by atoms with van der Waals surface area (Å²) in [6, 6.07) is 10.7. The van der Waals surface area contributed by atoms with Crippen LogP contribution in [0.25, 0.3) is 11.3 Å². The predicted molar refractivity (Wildman–Crippen MR) is 153 cm³/mol. The van der Waals surface area contributed by atoms with Crippen molar-refractivity contribution in [3.05, 3.63) is 58.9 Å². The Bertz CT molecular complexity index is 1500. The van der Waals surface area contributed by atoms with Crippen LogP contribution in [0.4, 0.5) is 21.6 Å². The topological polar surface area (TPSA) is 73.7 Å². The molecule has 2 amide bonds. The minimum atomic E-state index is -2.93. The third-order valence-corrected chi connectivity index (χ3v) is 7.48. The standard InChI is InChI=1S/C29H34ClFN6O2/c1-17(2)37-24(13-26(33-37)32-27(38)16-34(3)4)18-9-10-23(25(12-18)36-14-19-11-20(19)15-36)35(5)29(39)28-21(30)7-6-8-22(28)31/h6-10,12-13,17,19-20H,11,14-16H2,1-5H3,(H,32,33,38)/i5D3. The van der Waals surface area contributed by atoms with Gasteiger partial charge >= 0.3 is 0 Å². The molecule has 5 rings (SSSR count). The van der Waals surface area contributed by atoms with Gasteiger partial charge in [0.05, 0.1) is 34.2 Å². The van der Waals surface area contributed by atoms with E-state index in [4.69, 9.17) is 15.7 Å². The number of benzene rings is 2. The molecule has 1 aliphatic carbocycles. The molecule has 2 heterocycles. The molecule has 0 spiro atoms. The van der Waals surface area contributed by atoms with E-state index in [2.05, 4.69) is 15.3 Å². The quantitative estimate of drug-likeness (QED) is 0.416. The number of fused-ring (bicyclic) bond motifs is 1. The number of likely N-dealkylation sites (N-methyl/N-ethyl adjacent to an activating group) is 1. The van der Waals surface area contributed by atoms with Crippen LogP contribution in [0.3, 0.4) is 0 Å². The van der Waals surface area contributed by atoms with Crippen molar-refractivity contribution >= 4 is 40.6 Å². The van der Waals surface area contributed by atoms with Crippen molar-refractivity contribution in [3.63, 3.8) is 0 Å². The Morgan fingerprint density at radius 1 is 1.21 bits per heavy atom. The van der Waals surface area contributed by atoms with Crippen molar-refractivity contribution in [3.8, 4) is 11.3 Å². The molecular formula is C29H34ClFN6O2. The summed E-state index contributed by atoms with van der Waals surface area (Å²) in [5, 5.41) is 7.27. The Morgan fingerprint density at radius 2 is 1.95 bits per heavy atom. The van der Waals surface area contributed by atoms with Crippen LogP contribution in [0.15, 0.2) is 42.5 Å². The second-order valence-electron chi connectivity index (χ2n) is 10.8. The van der Waals surface area contributed by atoms with Gasteiger partial charge in [0, 0.05) is 41.8 Å². The molecule has 2 unspecified atom stereocenters. The molecular weight excluding hydrogens is 519 g/mol. The fourth-order valence-electron chi connectivity index (χ4n) is 5.18. The van der Waals surface area contributed by atoms with E-state index < -0.39 is 24.3 Å². The Hall–Kier alpha value is -3.43. The fraction of sp³-hybridized carbons (Fsp3) is 0.414. The summed E-state index contributed by atoms with van der Waals surface area (Å²) in [4.78, 5) is 30.6. The van der Waals surface area contributed by atoms with Gasteiger partial charge in [0.25, 0.3) is 5.91 Å². The molecule has 0 radical (unpaired) electrons. The molecule has 39 heavy (non-hydrogen) atoms. The molecule has 0 bridgehead atoms. The largest absolute Gasteiger partial charge is 0.369 e. The average molecular weight is 556 g/mol. The molecule has 2 fully saturated rings. The number of rotatable bonds is 8. The summed E-state index contributed by atoms with van der Waals surface area (Å²) in [5.41, 5.74) is 1.63. The first-order valence-electron chi connectivity index (χ1n) is 14.5. The van der Waals surface area contributed by atoms with Crippen molar-refractivity contribution < 1.29 is 18.1 Å². The van der Waals surface area contributed by atoms with E-state index in [1.54, 1.807) is 41.9 Å². The van der Waals surface area contributed by atoms with E-state index >= 15 is 0 Å². The third-order valence-electron chi connectivity index (χ3n) is 7.16. The number of anilines is 3. The number of carbonyl (C=O) groups excluding carboxylic acids is 2. The Kier molecular flexibility index (Phi) is 6.39. The summed E-state index contributed by atoms with van der Waals surface area (Å²) in [5.74, 6) is -0.724. The summed E-state index contributed by atoms with van der Waals surface area (Å²) in [6.07, 6.45) is 1.12. The highest BCUT2D eigenvalue weighted by Gasteiger charge is 2.45. The van der Waals surface area contributed by atoms with Gasteiger partial charge < -0.3 is 20.0 Å². The average Bonchev–Trinajstić information content (AvgIpc) is 3.26. The van der Waals surface area contributed by atoms with Crippen molar-refractivity contribution in [2.75, 3.05) is 55.8 Å². The van der Waals surface area contributed by atoms with Crippen LogP contribution in [0.2, 0.25) is 5.02 Å². The number of carbonyl (C=O) groups is 2. The number of amides is 2. The molecule has 3 aromatic rings. The van der Waals surface area contributed by atoms with Gasteiger partial charge in [0.15, 0.2) is 5.82 Å². The lowest BCUT2D eigenvalue weighted by atomic mass is 10.1. The van der Waals surface area contributed by atoms with E-state index in [-0.39, 0.29) is 29.2 Å². The maximum atomic E-state index is 14.8. The number of nitrogens with one attached hydrogen (secondary N) is 1. The zero-order chi connectivity index (χ0) is 30.5. The van der Waals surface area contributed by atoms with Crippen LogP contribution in [0.5, 0.6) is 0 Å². The first kappa shape index (κ1) is 23.5. The number of hydrogen-bond acceptors (Lipinski definition) is 5. The van der Waals surface area contributed by atoms with Crippen molar-refractivity contribution in [2.24, 2.45) is 11.8 Å². The zero-order valence-electron chi connectivity index (χ0n) is 25.4. The molecule has 1 aliphatic heterocycles. The molecule has 2 atom stereocenters. The van der Waals surface area contributed by atoms with Gasteiger partial charge in [-0.15, -0.1) is 0 Å². The maximum absolute atomic E-state index is 14.8. The summed E-state index contributed by atoms with van der Waals surface area (Å²) < 4.78 is 41.5. The van der Waals surface area contributed by atoms with Gasteiger partial charge in [0.2, 0.25) is 5.91 Å². The predicted octanol–water partition coefficient (Wildman–Crippen LogP) is 5.16. The second kappa shape index (κ2) is 10.6. The van der Waals surface area contributed by atoms with Crippen molar-refractivity contribution in [1.82, 2.24) is 14.7 Å². The SMILES string of the molecule is [2H]C([2H])([2H])N(C(=O)c1c(F)cccc1Cl)c1ccc(-c2cc(NC(=O)CN(C)C)nn2C(C)C)cc1N1CC2CC2C1. The van der Waals surface area contributed by atoms with Gasteiger partial charge in [-0.3, -0.25) is 14.3 Å². The van der Waals surface area contributed by atoms with Crippen molar-refractivity contribution in [1.29, 1.82) is 0 Å². The summed E-state index contributed by atoms with van der Waals surface area (Å²) >= 11 is 6.19. The first-order valence-corrected chi connectivity index (χ1v) is 13.3. The van der Waals surface area contributed by atoms with E-state index in [1.165, 1.54) is 12.1 Å². The van der Waals surface area contributed by atoms with E-state index in [9.17, 15) is 14.0 Å². The number of piperidine rings is 1. The molecule has 2 aliphatic rings. The minimum absolute atomic E-state index is 0.0503. The molecule has 8 nitrogen and oxygen atoms in total. The van der Waals surface area contributed by atoms with Crippen LogP contribution in [0, 0.1) is 17.7 Å². The highest BCUT2D eigenvalue weighted by atomic mass is 35.5.